The molecule has 0 bridgehead atoms. The molecule has 2 nitrogen and oxygen atoms in total. The summed E-state index contributed by atoms with van der Waals surface area (Å²) in [5.74, 6) is 0. The molecule has 0 aliphatic rings. The van der Waals surface area contributed by atoms with Gasteiger partial charge in [-0.25, -0.2) is 4.57 Å². The van der Waals surface area contributed by atoms with E-state index >= 15 is 0 Å². The molecule has 4 heteroatoms. The summed E-state index contributed by atoms with van der Waals surface area (Å²) < 4.78 is 9.99. The van der Waals surface area contributed by atoms with Crippen molar-refractivity contribution in [3.63, 3.8) is 0 Å². The smallest absolute Gasteiger partial charge is 0.310 e. The van der Waals surface area contributed by atoms with Crippen molar-refractivity contribution >= 4 is 28.3 Å². The van der Waals surface area contributed by atoms with Crippen molar-refractivity contribution in [1.29, 1.82) is 0 Å². The summed E-state index contributed by atoms with van der Waals surface area (Å²) in [5, 5.41) is 1.32. The van der Waals surface area contributed by atoms with E-state index in [1.54, 1.807) is 0 Å². The monoisotopic (exact) mass is 197 g/mol. The van der Waals surface area contributed by atoms with E-state index in [1.165, 1.54) is 9.71 Å². The fourth-order valence-corrected chi connectivity index (χ4v) is 1.79. The van der Waals surface area contributed by atoms with Gasteiger partial charge >= 0.3 is 8.69 Å². The Labute approximate surface area is 80.6 Å². The molecule has 63 valence electrons. The van der Waals surface area contributed by atoms with Gasteiger partial charge < -0.3 is 4.89 Å². The quantitative estimate of drug-likeness (QED) is 0.578. The van der Waals surface area contributed by atoms with E-state index in [4.69, 9.17) is 9.46 Å². The molecule has 0 aliphatic heterocycles. The topological polar surface area (TPSA) is 37.3 Å². The van der Waals surface area contributed by atoms with Crippen molar-refractivity contribution in [1.82, 2.24) is 0 Å². The van der Waals surface area contributed by atoms with Crippen LogP contribution in [0.3, 0.4) is 0 Å². The molecule has 0 saturated carbocycles. The van der Waals surface area contributed by atoms with Crippen LogP contribution in [0.2, 0.25) is 5.28 Å². The zero-order valence-electron chi connectivity index (χ0n) is 6.97. The Bertz CT molecular complexity index is 203. The molecule has 0 heterocycles. The maximum atomic E-state index is 8.46. The normalized spacial score (nSPS) is 8.50. The van der Waals surface area contributed by atoms with Gasteiger partial charge in [-0.2, -0.15) is 0 Å². The van der Waals surface area contributed by atoms with Crippen molar-refractivity contribution in [3.8, 4) is 0 Å². The number of benzene rings is 1. The molecule has 1 aromatic rings. The molecular weight excluding hydrogens is 186 g/mol. The van der Waals surface area contributed by atoms with E-state index in [2.05, 4.69) is 37.3 Å². The molecular formula is C8H11AlO2P. The lowest BCUT2D eigenvalue weighted by Gasteiger charge is -1.91. The zero-order chi connectivity index (χ0) is 9.23. The third kappa shape index (κ3) is 6.52. The van der Waals surface area contributed by atoms with E-state index in [0.29, 0.717) is 15.2 Å². The molecule has 0 saturated heterocycles. The third-order valence-corrected chi connectivity index (χ3v) is 2.50. The fourth-order valence-electron chi connectivity index (χ4n) is 0.825. The average molecular weight is 197 g/mol. The van der Waals surface area contributed by atoms with Crippen LogP contribution in [-0.4, -0.2) is 20.1 Å². The number of hydrogen-bond donors (Lipinski definition) is 1. The van der Waals surface area contributed by atoms with Crippen molar-refractivity contribution in [2.24, 2.45) is 0 Å². The summed E-state index contributed by atoms with van der Waals surface area (Å²) in [6.45, 7) is 2.24. The van der Waals surface area contributed by atoms with Gasteiger partial charge in [0.05, 0.1) is 0 Å². The minimum atomic E-state index is -0.833. The summed E-state index contributed by atoms with van der Waals surface area (Å²) >= 11 is 0.543. The number of rotatable bonds is 2. The number of hydrogen-bond acceptors (Lipinski definition) is 1. The highest BCUT2D eigenvalue weighted by Gasteiger charge is 1.88. The Kier molecular flexibility index (Phi) is 8.77. The van der Waals surface area contributed by atoms with Crippen LogP contribution < -0.4 is 4.43 Å². The highest BCUT2D eigenvalue weighted by Crippen LogP contribution is 1.82. The van der Waals surface area contributed by atoms with Gasteiger partial charge in [-0.05, 0) is 0 Å². The van der Waals surface area contributed by atoms with Crippen LogP contribution in [0.4, 0.5) is 0 Å². The molecule has 1 aromatic carbocycles. The van der Waals surface area contributed by atoms with Crippen LogP contribution in [0, 0.1) is 0 Å². The first-order valence-electron chi connectivity index (χ1n) is 3.70. The van der Waals surface area contributed by atoms with Crippen molar-refractivity contribution in [3.05, 3.63) is 30.3 Å². The molecule has 1 radical (unpaired) electrons. The van der Waals surface area contributed by atoms with Crippen molar-refractivity contribution in [2.75, 3.05) is 0 Å². The molecule has 0 fully saturated rings. The molecule has 0 spiro atoms. The van der Waals surface area contributed by atoms with Crippen LogP contribution in [0.5, 0.6) is 0 Å². The molecule has 0 atom stereocenters. The summed E-state index contributed by atoms with van der Waals surface area (Å²) in [6, 6.07) is 10.7. The standard InChI is InChI=1S/C6H5.C2H5.Al.HO2P/c1-2-4-6-5-3-1;1-2;;1-3-2/h1-5H;1H2,2H3;;(H,1,2). The second-order valence-electron chi connectivity index (χ2n) is 2.10. The largest absolute Gasteiger partial charge is 0.324 e. The van der Waals surface area contributed by atoms with E-state index < -0.39 is 8.69 Å². The molecule has 0 amide bonds. The lowest BCUT2D eigenvalue weighted by Crippen LogP contribution is -2.10. The molecule has 12 heavy (non-hydrogen) atoms. The van der Waals surface area contributed by atoms with Crippen LogP contribution in [0.15, 0.2) is 30.3 Å². The van der Waals surface area contributed by atoms with Crippen LogP contribution in [0.25, 0.3) is 0 Å². The van der Waals surface area contributed by atoms with E-state index in [1.807, 2.05) is 0 Å². The summed E-state index contributed by atoms with van der Waals surface area (Å²) in [5.41, 5.74) is 0. The van der Waals surface area contributed by atoms with Crippen LogP contribution >= 0.6 is 8.69 Å². The van der Waals surface area contributed by atoms with Gasteiger partial charge in [0, 0.05) is 0 Å². The van der Waals surface area contributed by atoms with Crippen LogP contribution in [0.1, 0.15) is 6.92 Å². The Morgan fingerprint density at radius 1 is 1.42 bits per heavy atom. The summed E-state index contributed by atoms with van der Waals surface area (Å²) in [6.07, 6.45) is 0. The summed E-state index contributed by atoms with van der Waals surface area (Å²) in [7, 11) is -0.833. The molecule has 0 unspecified atom stereocenters. The molecule has 0 aliphatic carbocycles. The predicted molar refractivity (Wildman–Crippen MR) is 52.1 cm³/mol. The second kappa shape index (κ2) is 8.90. The minimum absolute atomic E-state index is 0.543. The first-order valence-corrected chi connectivity index (χ1v) is 5.86. The molecule has 1 rings (SSSR count). The predicted octanol–water partition coefficient (Wildman–Crippen LogP) is 1.64. The van der Waals surface area contributed by atoms with Gasteiger partial charge in [-0.1, -0.05) is 37.3 Å². The third-order valence-electron chi connectivity index (χ3n) is 1.24. The highest BCUT2D eigenvalue weighted by atomic mass is 31.1. The zero-order valence-corrected chi connectivity index (χ0v) is 9.02. The first-order chi connectivity index (χ1) is 5.85. The van der Waals surface area contributed by atoms with Gasteiger partial charge in [0.15, 0.2) is 0 Å². The van der Waals surface area contributed by atoms with Crippen molar-refractivity contribution in [2.45, 2.75) is 12.2 Å². The van der Waals surface area contributed by atoms with E-state index in [9.17, 15) is 0 Å². The average Bonchev–Trinajstić information content (AvgIpc) is 2.08. The van der Waals surface area contributed by atoms with Gasteiger partial charge in [-0.15, -0.1) is 9.71 Å². The van der Waals surface area contributed by atoms with Crippen LogP contribution in [-0.2, 0) is 4.57 Å². The Hall–Kier alpha value is -0.188. The summed E-state index contributed by atoms with van der Waals surface area (Å²) in [4.78, 5) is 6.99. The second-order valence-corrected chi connectivity index (χ2v) is 4.16. The highest BCUT2D eigenvalue weighted by molar-refractivity contribution is 7.16. The molecule has 0 aromatic heterocycles. The maximum absolute atomic E-state index is 8.46. The van der Waals surface area contributed by atoms with Gasteiger partial charge in [0.25, 0.3) is 0 Å². The Morgan fingerprint density at radius 3 is 2.33 bits per heavy atom. The van der Waals surface area contributed by atoms with Gasteiger partial charge in [0.1, 0.15) is 0 Å². The Morgan fingerprint density at radius 2 is 1.92 bits per heavy atom. The maximum Gasteiger partial charge on any atom is 0.324 e. The van der Waals surface area contributed by atoms with Crippen molar-refractivity contribution < 1.29 is 9.46 Å². The minimum Gasteiger partial charge on any atom is -0.310 e. The SMILES string of the molecule is C[CH2][Al][c]1ccccc1.O=PO. The lowest BCUT2D eigenvalue weighted by atomic mass is 10.4. The fraction of sp³-hybridized carbons (Fsp3) is 0.250. The van der Waals surface area contributed by atoms with Gasteiger partial charge in [0.2, 0.25) is 15.2 Å². The lowest BCUT2D eigenvalue weighted by molar-refractivity contribution is 0.524. The van der Waals surface area contributed by atoms with Gasteiger partial charge in [-0.3, -0.25) is 0 Å². The molecule has 1 N–H and O–H groups in total. The first kappa shape index (κ1) is 11.8. The van der Waals surface area contributed by atoms with E-state index in [0.717, 1.165) is 0 Å². The van der Waals surface area contributed by atoms with E-state index in [-0.39, 0.29) is 0 Å². The Balaban J connectivity index is 0.000000354.